The summed E-state index contributed by atoms with van der Waals surface area (Å²) in [5, 5.41) is 5.08. The molecule has 194 valence electrons. The number of anilines is 2. The van der Waals surface area contributed by atoms with Gasteiger partial charge in [-0.3, -0.25) is 4.98 Å². The Labute approximate surface area is 230 Å². The Kier molecular flexibility index (Phi) is 6.89. The standard InChI is InChI=1S/C30H36ClN5S/c1-20-15-21(2)18-35(17-20)27-11-10-24(16-25(27)31)36-29(22-12-14-34(19-22)23-7-3-4-8-23)28(33-30(36)37)26-9-5-6-13-32-26/h5-6,9-14,16,19-21,23,28-29H,3-4,7-8,15,17-18H2,1-2H3,(H,33,37)/t20-,21+,28-,29-/m1/s1. The first-order chi connectivity index (χ1) is 18.0. The highest BCUT2D eigenvalue weighted by molar-refractivity contribution is 7.80. The first-order valence-electron chi connectivity index (χ1n) is 13.7. The zero-order valence-corrected chi connectivity index (χ0v) is 23.3. The average Bonchev–Trinajstić information content (AvgIpc) is 3.63. The van der Waals surface area contributed by atoms with Crippen molar-refractivity contribution in [3.8, 4) is 0 Å². The van der Waals surface area contributed by atoms with Gasteiger partial charge in [0.2, 0.25) is 0 Å². The average molecular weight is 534 g/mol. The second-order valence-electron chi connectivity index (χ2n) is 11.3. The molecule has 2 aliphatic heterocycles. The predicted octanol–water partition coefficient (Wildman–Crippen LogP) is 7.31. The number of halogens is 1. The number of rotatable bonds is 5. The third-order valence-electron chi connectivity index (χ3n) is 8.34. The van der Waals surface area contributed by atoms with Gasteiger partial charge >= 0.3 is 0 Å². The van der Waals surface area contributed by atoms with Gasteiger partial charge < -0.3 is 19.7 Å². The van der Waals surface area contributed by atoms with Gasteiger partial charge in [-0.05, 0) is 85.3 Å². The van der Waals surface area contributed by atoms with E-state index in [1.165, 1.54) is 37.7 Å². The summed E-state index contributed by atoms with van der Waals surface area (Å²) in [7, 11) is 0. The van der Waals surface area contributed by atoms with Crippen LogP contribution >= 0.6 is 23.8 Å². The van der Waals surface area contributed by atoms with Gasteiger partial charge in [0.05, 0.1) is 28.5 Å². The van der Waals surface area contributed by atoms with Crippen LogP contribution < -0.4 is 15.1 Å². The summed E-state index contributed by atoms with van der Waals surface area (Å²) in [6, 6.07) is 15.3. The van der Waals surface area contributed by atoms with Crippen molar-refractivity contribution in [2.75, 3.05) is 22.9 Å². The van der Waals surface area contributed by atoms with Crippen molar-refractivity contribution in [1.82, 2.24) is 14.9 Å². The molecule has 0 amide bonds. The van der Waals surface area contributed by atoms with Crippen molar-refractivity contribution in [2.24, 2.45) is 11.8 Å². The Morgan fingerprint density at radius 2 is 1.81 bits per heavy atom. The summed E-state index contributed by atoms with van der Waals surface area (Å²) >= 11 is 12.9. The van der Waals surface area contributed by atoms with Crippen molar-refractivity contribution in [3.05, 3.63) is 77.3 Å². The smallest absolute Gasteiger partial charge is 0.174 e. The largest absolute Gasteiger partial charge is 0.370 e. The summed E-state index contributed by atoms with van der Waals surface area (Å²) < 4.78 is 2.41. The van der Waals surface area contributed by atoms with Gasteiger partial charge in [0.1, 0.15) is 0 Å². The van der Waals surface area contributed by atoms with Crippen LogP contribution in [0.15, 0.2) is 61.1 Å². The third kappa shape index (κ3) is 4.86. The van der Waals surface area contributed by atoms with Crippen LogP contribution in [0.25, 0.3) is 0 Å². The molecule has 7 heteroatoms. The number of hydrogen-bond acceptors (Lipinski definition) is 3. The fraction of sp³-hybridized carbons (Fsp3) is 0.467. The molecule has 1 saturated carbocycles. The van der Waals surface area contributed by atoms with E-state index in [0.29, 0.717) is 23.0 Å². The van der Waals surface area contributed by atoms with Crippen LogP contribution in [-0.4, -0.2) is 27.8 Å². The third-order valence-corrected chi connectivity index (χ3v) is 8.96. The number of aromatic nitrogens is 2. The summed E-state index contributed by atoms with van der Waals surface area (Å²) in [6.45, 7) is 6.76. The minimum absolute atomic E-state index is 0.0120. The van der Waals surface area contributed by atoms with E-state index in [1.54, 1.807) is 0 Å². The second-order valence-corrected chi connectivity index (χ2v) is 12.1. The molecule has 2 aromatic heterocycles. The Morgan fingerprint density at radius 1 is 1.03 bits per heavy atom. The molecule has 1 N–H and O–H groups in total. The van der Waals surface area contributed by atoms with Gasteiger partial charge in [0, 0.05) is 43.4 Å². The molecule has 3 aromatic rings. The van der Waals surface area contributed by atoms with E-state index in [2.05, 4.69) is 76.3 Å². The van der Waals surface area contributed by atoms with Crippen molar-refractivity contribution in [1.29, 1.82) is 0 Å². The molecule has 1 aliphatic carbocycles. The van der Waals surface area contributed by atoms with E-state index >= 15 is 0 Å². The minimum Gasteiger partial charge on any atom is -0.370 e. The van der Waals surface area contributed by atoms with Crippen LogP contribution in [0.2, 0.25) is 5.02 Å². The summed E-state index contributed by atoms with van der Waals surface area (Å²) in [4.78, 5) is 9.38. The lowest BCUT2D eigenvalue weighted by Crippen LogP contribution is -2.38. The molecular formula is C30H36ClN5S. The monoisotopic (exact) mass is 533 g/mol. The van der Waals surface area contributed by atoms with E-state index in [4.69, 9.17) is 28.8 Å². The number of nitrogens with zero attached hydrogens (tertiary/aromatic N) is 4. The normalized spacial score (nSPS) is 26.6. The van der Waals surface area contributed by atoms with Gasteiger partial charge in [0.15, 0.2) is 5.11 Å². The highest BCUT2D eigenvalue weighted by atomic mass is 35.5. The van der Waals surface area contributed by atoms with E-state index in [-0.39, 0.29) is 12.1 Å². The molecule has 0 spiro atoms. The van der Waals surface area contributed by atoms with Gasteiger partial charge in [-0.15, -0.1) is 0 Å². The predicted molar refractivity (Wildman–Crippen MR) is 156 cm³/mol. The van der Waals surface area contributed by atoms with E-state index < -0.39 is 0 Å². The van der Waals surface area contributed by atoms with E-state index in [1.807, 2.05) is 18.3 Å². The fourth-order valence-electron chi connectivity index (χ4n) is 6.77. The van der Waals surface area contributed by atoms with Gasteiger partial charge in [-0.25, -0.2) is 0 Å². The summed E-state index contributed by atoms with van der Waals surface area (Å²) in [5.74, 6) is 1.34. The molecular weight excluding hydrogens is 498 g/mol. The van der Waals surface area contributed by atoms with Crippen molar-refractivity contribution in [2.45, 2.75) is 64.1 Å². The van der Waals surface area contributed by atoms with Crippen LogP contribution in [-0.2, 0) is 0 Å². The summed E-state index contributed by atoms with van der Waals surface area (Å²) in [6.07, 6.45) is 12.8. The maximum atomic E-state index is 6.97. The van der Waals surface area contributed by atoms with Gasteiger partial charge in [-0.1, -0.05) is 44.4 Å². The molecule has 5 nitrogen and oxygen atoms in total. The maximum absolute atomic E-state index is 6.97. The summed E-state index contributed by atoms with van der Waals surface area (Å²) in [5.41, 5.74) is 4.37. The lowest BCUT2D eigenvalue weighted by molar-refractivity contribution is 0.357. The molecule has 37 heavy (non-hydrogen) atoms. The van der Waals surface area contributed by atoms with Crippen LogP contribution in [0.1, 0.15) is 75.3 Å². The van der Waals surface area contributed by atoms with Crippen molar-refractivity contribution >= 4 is 40.3 Å². The first kappa shape index (κ1) is 24.7. The van der Waals surface area contributed by atoms with E-state index in [0.717, 1.165) is 35.2 Å². The van der Waals surface area contributed by atoms with Crippen LogP contribution in [0.3, 0.4) is 0 Å². The second kappa shape index (κ2) is 10.3. The Hall–Kier alpha value is -2.57. The topological polar surface area (TPSA) is 36.3 Å². The zero-order valence-electron chi connectivity index (χ0n) is 21.7. The molecule has 0 bridgehead atoms. The molecule has 0 radical (unpaired) electrons. The Balaban J connectivity index is 1.36. The number of benzene rings is 1. The number of thiocarbonyl (C=S) groups is 1. The Bertz CT molecular complexity index is 1240. The minimum atomic E-state index is -0.0460. The quantitative estimate of drug-likeness (QED) is 0.348. The fourth-order valence-corrected chi connectivity index (χ4v) is 7.41. The Morgan fingerprint density at radius 3 is 2.51 bits per heavy atom. The van der Waals surface area contributed by atoms with Gasteiger partial charge in [0.25, 0.3) is 0 Å². The highest BCUT2D eigenvalue weighted by Gasteiger charge is 2.41. The molecule has 3 aliphatic rings. The number of pyridine rings is 1. The number of piperidine rings is 1. The first-order valence-corrected chi connectivity index (χ1v) is 14.5. The molecule has 1 aromatic carbocycles. The lowest BCUT2D eigenvalue weighted by Gasteiger charge is -2.37. The molecule has 4 atom stereocenters. The molecule has 4 heterocycles. The molecule has 3 fully saturated rings. The van der Waals surface area contributed by atoms with Crippen LogP contribution in [0, 0.1) is 11.8 Å². The van der Waals surface area contributed by atoms with E-state index in [9.17, 15) is 0 Å². The zero-order chi connectivity index (χ0) is 25.5. The molecule has 6 rings (SSSR count). The molecule has 0 unspecified atom stereocenters. The van der Waals surface area contributed by atoms with Gasteiger partial charge in [-0.2, -0.15) is 0 Å². The van der Waals surface area contributed by atoms with Crippen LogP contribution in [0.4, 0.5) is 11.4 Å². The maximum Gasteiger partial charge on any atom is 0.174 e. The number of hydrogen-bond donors (Lipinski definition) is 1. The lowest BCUT2D eigenvalue weighted by atomic mass is 9.91. The molecule has 2 saturated heterocycles. The highest BCUT2D eigenvalue weighted by Crippen LogP contribution is 2.44. The SMILES string of the molecule is C[C@@H]1C[C@H](C)CN(c2ccc(N3C(=S)N[C@H](c4ccccn4)[C@H]3c3ccn(C4CCCC4)c3)cc2Cl)C1. The number of nitrogens with one attached hydrogen (secondary N) is 1. The van der Waals surface area contributed by atoms with Crippen molar-refractivity contribution in [3.63, 3.8) is 0 Å². The van der Waals surface area contributed by atoms with Crippen molar-refractivity contribution < 1.29 is 0 Å². The van der Waals surface area contributed by atoms with Crippen LogP contribution in [0.5, 0.6) is 0 Å².